The molecule has 0 aromatic heterocycles. The van der Waals surface area contributed by atoms with Crippen molar-refractivity contribution >= 4 is 29.4 Å². The first-order valence-corrected chi connectivity index (χ1v) is 9.37. The summed E-state index contributed by atoms with van der Waals surface area (Å²) < 4.78 is 0. The van der Waals surface area contributed by atoms with Crippen LogP contribution in [0.1, 0.15) is 19.3 Å². The summed E-state index contributed by atoms with van der Waals surface area (Å²) in [5.74, 6) is 0.627. The molecule has 1 aromatic rings. The zero-order valence-corrected chi connectivity index (χ0v) is 15.5. The number of carbonyl (C=O) groups is 2. The molecule has 1 saturated heterocycles. The number of urea groups is 1. The number of thioether (sulfide) groups is 1. The number of amides is 3. The number of para-hydroxylation sites is 1. The summed E-state index contributed by atoms with van der Waals surface area (Å²) in [4.78, 5) is 28.9. The molecule has 0 saturated carbocycles. The van der Waals surface area contributed by atoms with Crippen molar-refractivity contribution in [2.75, 3.05) is 38.3 Å². The number of piperidine rings is 1. The van der Waals surface area contributed by atoms with Gasteiger partial charge >= 0.3 is 6.03 Å². The van der Waals surface area contributed by atoms with Crippen molar-refractivity contribution in [3.8, 4) is 6.07 Å². The second kappa shape index (κ2) is 9.33. The maximum Gasteiger partial charge on any atom is 0.319 e. The van der Waals surface area contributed by atoms with Gasteiger partial charge < -0.3 is 15.1 Å². The highest BCUT2D eigenvalue weighted by molar-refractivity contribution is 7.99. The van der Waals surface area contributed by atoms with Crippen LogP contribution in [0.15, 0.2) is 29.2 Å². The number of hydrogen-bond acceptors (Lipinski definition) is 4. The summed E-state index contributed by atoms with van der Waals surface area (Å²) in [6, 6.07) is 9.78. The summed E-state index contributed by atoms with van der Waals surface area (Å²) >= 11 is 1.57. The Labute approximate surface area is 153 Å². The normalized spacial score (nSPS) is 14.7. The summed E-state index contributed by atoms with van der Waals surface area (Å²) in [5.41, 5.74) is 0.794. The SMILES string of the molecule is CN(C)C(=O)N1CCC(C(=O)Nc2ccccc2SCCC#N)CC1. The number of likely N-dealkylation sites (tertiary alicyclic amines) is 1. The Morgan fingerprint density at radius 2 is 2.00 bits per heavy atom. The third-order valence-electron chi connectivity index (χ3n) is 4.14. The van der Waals surface area contributed by atoms with E-state index in [1.54, 1.807) is 35.7 Å². The lowest BCUT2D eigenvalue weighted by Crippen LogP contribution is -2.45. The summed E-state index contributed by atoms with van der Waals surface area (Å²) in [6.45, 7) is 1.21. The number of benzene rings is 1. The van der Waals surface area contributed by atoms with Crippen molar-refractivity contribution in [3.05, 3.63) is 24.3 Å². The van der Waals surface area contributed by atoms with Crippen LogP contribution in [-0.2, 0) is 4.79 Å². The summed E-state index contributed by atoms with van der Waals surface area (Å²) in [6.07, 6.45) is 1.83. The fourth-order valence-electron chi connectivity index (χ4n) is 2.75. The van der Waals surface area contributed by atoms with Crippen molar-refractivity contribution in [1.29, 1.82) is 5.26 Å². The lowest BCUT2D eigenvalue weighted by molar-refractivity contribution is -0.121. The van der Waals surface area contributed by atoms with Gasteiger partial charge in [0, 0.05) is 50.2 Å². The zero-order chi connectivity index (χ0) is 18.2. The van der Waals surface area contributed by atoms with Gasteiger partial charge in [-0.05, 0) is 25.0 Å². The van der Waals surface area contributed by atoms with Crippen LogP contribution in [0.25, 0.3) is 0 Å². The Morgan fingerprint density at radius 1 is 1.32 bits per heavy atom. The van der Waals surface area contributed by atoms with Gasteiger partial charge in [0.25, 0.3) is 0 Å². The molecule has 6 nitrogen and oxygen atoms in total. The first kappa shape index (κ1) is 19.1. The van der Waals surface area contributed by atoms with Crippen LogP contribution in [0.2, 0.25) is 0 Å². The molecule has 1 heterocycles. The molecular formula is C18H24N4O2S. The maximum atomic E-state index is 12.6. The second-order valence-corrected chi connectivity index (χ2v) is 7.32. The van der Waals surface area contributed by atoms with Gasteiger partial charge in [-0.1, -0.05) is 12.1 Å². The standard InChI is InChI=1S/C18H24N4O2S/c1-21(2)18(24)22-11-8-14(9-12-22)17(23)20-15-6-3-4-7-16(15)25-13-5-10-19/h3-4,6-7,14H,5,8-9,11-13H2,1-2H3,(H,20,23). The van der Waals surface area contributed by atoms with E-state index >= 15 is 0 Å². The van der Waals surface area contributed by atoms with Crippen LogP contribution < -0.4 is 5.32 Å². The lowest BCUT2D eigenvalue weighted by atomic mass is 9.96. The van der Waals surface area contributed by atoms with Gasteiger partial charge in [-0.3, -0.25) is 4.79 Å². The van der Waals surface area contributed by atoms with Gasteiger partial charge in [-0.2, -0.15) is 5.26 Å². The van der Waals surface area contributed by atoms with Crippen LogP contribution in [0, 0.1) is 17.2 Å². The predicted octanol–water partition coefficient (Wildman–Crippen LogP) is 3.02. The fourth-order valence-corrected chi connectivity index (χ4v) is 3.62. The van der Waals surface area contributed by atoms with Crippen molar-refractivity contribution in [3.63, 3.8) is 0 Å². The van der Waals surface area contributed by atoms with Crippen LogP contribution in [-0.4, -0.2) is 54.7 Å². The molecule has 0 aliphatic carbocycles. The molecule has 1 aliphatic heterocycles. The molecule has 0 radical (unpaired) electrons. The number of carbonyl (C=O) groups excluding carboxylic acids is 2. The van der Waals surface area contributed by atoms with Crippen molar-refractivity contribution < 1.29 is 9.59 Å². The molecule has 2 rings (SSSR count). The predicted molar refractivity (Wildman–Crippen MR) is 99.4 cm³/mol. The maximum absolute atomic E-state index is 12.6. The highest BCUT2D eigenvalue weighted by atomic mass is 32.2. The molecule has 3 amide bonds. The molecular weight excluding hydrogens is 336 g/mol. The molecule has 25 heavy (non-hydrogen) atoms. The Bertz CT molecular complexity index is 649. The molecule has 1 aliphatic rings. The monoisotopic (exact) mass is 360 g/mol. The largest absolute Gasteiger partial charge is 0.331 e. The molecule has 0 bridgehead atoms. The van der Waals surface area contributed by atoms with Crippen molar-refractivity contribution in [2.24, 2.45) is 5.92 Å². The van der Waals surface area contributed by atoms with Crippen LogP contribution in [0.3, 0.4) is 0 Å². The second-order valence-electron chi connectivity index (χ2n) is 6.18. The minimum Gasteiger partial charge on any atom is -0.331 e. The lowest BCUT2D eigenvalue weighted by Gasteiger charge is -2.33. The Morgan fingerprint density at radius 3 is 2.64 bits per heavy atom. The molecule has 0 unspecified atom stereocenters. The van der Waals surface area contributed by atoms with E-state index in [0.717, 1.165) is 10.6 Å². The Balaban J connectivity index is 1.91. The van der Waals surface area contributed by atoms with Gasteiger partial charge in [0.15, 0.2) is 0 Å². The van der Waals surface area contributed by atoms with E-state index in [4.69, 9.17) is 5.26 Å². The number of rotatable bonds is 5. The van der Waals surface area contributed by atoms with Gasteiger partial charge in [-0.15, -0.1) is 11.8 Å². The quantitative estimate of drug-likeness (QED) is 0.647. The summed E-state index contributed by atoms with van der Waals surface area (Å²) in [5, 5.41) is 11.7. The average Bonchev–Trinajstić information content (AvgIpc) is 2.62. The molecule has 0 spiro atoms. The van der Waals surface area contributed by atoms with Gasteiger partial charge in [-0.25, -0.2) is 4.79 Å². The molecule has 1 aromatic carbocycles. The van der Waals surface area contributed by atoms with Crippen molar-refractivity contribution in [2.45, 2.75) is 24.2 Å². The van der Waals surface area contributed by atoms with Gasteiger partial charge in [0.1, 0.15) is 0 Å². The van der Waals surface area contributed by atoms with Crippen LogP contribution in [0.5, 0.6) is 0 Å². The smallest absolute Gasteiger partial charge is 0.319 e. The van der Waals surface area contributed by atoms with Crippen molar-refractivity contribution in [1.82, 2.24) is 9.80 Å². The van der Waals surface area contributed by atoms with E-state index in [0.29, 0.717) is 38.1 Å². The van der Waals surface area contributed by atoms with E-state index in [-0.39, 0.29) is 17.9 Å². The minimum atomic E-state index is -0.0802. The van der Waals surface area contributed by atoms with E-state index < -0.39 is 0 Å². The number of nitriles is 1. The Kier molecular flexibility index (Phi) is 7.14. The van der Waals surface area contributed by atoms with E-state index in [1.807, 2.05) is 24.3 Å². The third kappa shape index (κ3) is 5.40. The molecule has 1 fully saturated rings. The highest BCUT2D eigenvalue weighted by Gasteiger charge is 2.28. The third-order valence-corrected chi connectivity index (χ3v) is 5.21. The van der Waals surface area contributed by atoms with Crippen LogP contribution >= 0.6 is 11.8 Å². The first-order valence-electron chi connectivity index (χ1n) is 8.38. The number of anilines is 1. The van der Waals surface area contributed by atoms with E-state index in [1.165, 1.54) is 0 Å². The molecule has 7 heteroatoms. The van der Waals surface area contributed by atoms with E-state index in [2.05, 4.69) is 11.4 Å². The average molecular weight is 360 g/mol. The Hall–Kier alpha value is -2.20. The fraction of sp³-hybridized carbons (Fsp3) is 0.500. The molecule has 134 valence electrons. The number of nitrogens with one attached hydrogen (secondary N) is 1. The zero-order valence-electron chi connectivity index (χ0n) is 14.7. The van der Waals surface area contributed by atoms with Crippen LogP contribution in [0.4, 0.5) is 10.5 Å². The van der Waals surface area contributed by atoms with Gasteiger partial charge in [0.05, 0.1) is 11.8 Å². The number of nitrogens with zero attached hydrogens (tertiary/aromatic N) is 3. The topological polar surface area (TPSA) is 76.4 Å². The minimum absolute atomic E-state index is 0.00176. The molecule has 0 atom stereocenters. The molecule has 1 N–H and O–H groups in total. The first-order chi connectivity index (χ1) is 12.0. The van der Waals surface area contributed by atoms with E-state index in [9.17, 15) is 9.59 Å². The summed E-state index contributed by atoms with van der Waals surface area (Å²) in [7, 11) is 3.48. The highest BCUT2D eigenvalue weighted by Crippen LogP contribution is 2.28. The van der Waals surface area contributed by atoms with Gasteiger partial charge in [0.2, 0.25) is 5.91 Å². The number of hydrogen-bond donors (Lipinski definition) is 1.